The molecule has 192 valence electrons. The number of aromatic nitrogens is 2. The summed E-state index contributed by atoms with van der Waals surface area (Å²) in [6, 6.07) is 15.7. The van der Waals surface area contributed by atoms with Crippen LogP contribution in [-0.4, -0.2) is 26.9 Å². The number of nitrogens with one attached hydrogen (secondary N) is 2. The van der Waals surface area contributed by atoms with E-state index in [2.05, 4.69) is 21.7 Å². The van der Waals surface area contributed by atoms with Crippen molar-refractivity contribution >= 4 is 22.7 Å². The Bertz CT molecular complexity index is 1600. The van der Waals surface area contributed by atoms with Crippen molar-refractivity contribution in [2.24, 2.45) is 0 Å². The molecule has 0 radical (unpaired) electrons. The smallest absolute Gasteiger partial charge is 0.350 e. The number of carbonyl (C=O) groups is 2. The van der Waals surface area contributed by atoms with Crippen LogP contribution in [0.15, 0.2) is 67.0 Å². The molecule has 11 heteroatoms. The molecule has 0 bridgehead atoms. The van der Waals surface area contributed by atoms with E-state index in [9.17, 15) is 32.4 Å². The number of alkyl halides is 3. The van der Waals surface area contributed by atoms with Crippen molar-refractivity contribution in [3.63, 3.8) is 0 Å². The van der Waals surface area contributed by atoms with Crippen molar-refractivity contribution < 1.29 is 27.2 Å². The van der Waals surface area contributed by atoms with Gasteiger partial charge in [-0.05, 0) is 60.9 Å². The molecule has 2 amide bonds. The van der Waals surface area contributed by atoms with Gasteiger partial charge in [-0.25, -0.2) is 4.39 Å². The summed E-state index contributed by atoms with van der Waals surface area (Å²) in [7, 11) is 0. The van der Waals surface area contributed by atoms with Crippen molar-refractivity contribution in [3.05, 3.63) is 95.2 Å². The Morgan fingerprint density at radius 2 is 1.79 bits per heavy atom. The minimum atomic E-state index is -4.64. The molecule has 2 aromatic carbocycles. The number of amides is 2. The van der Waals surface area contributed by atoms with Gasteiger partial charge in [0.15, 0.2) is 0 Å². The van der Waals surface area contributed by atoms with Crippen LogP contribution in [0.4, 0.5) is 17.6 Å². The largest absolute Gasteiger partial charge is 0.417 e. The molecular weight excluding hydrogens is 502 g/mol. The fourth-order valence-corrected chi connectivity index (χ4v) is 4.20. The summed E-state index contributed by atoms with van der Waals surface area (Å²) in [6.07, 6.45) is -2.29. The van der Waals surface area contributed by atoms with Gasteiger partial charge >= 0.3 is 6.18 Å². The van der Waals surface area contributed by atoms with Gasteiger partial charge in [-0.1, -0.05) is 12.1 Å². The van der Waals surface area contributed by atoms with E-state index in [1.165, 1.54) is 12.1 Å². The Balaban J connectivity index is 1.25. The van der Waals surface area contributed by atoms with E-state index in [0.717, 1.165) is 11.8 Å². The van der Waals surface area contributed by atoms with Gasteiger partial charge < -0.3 is 15.2 Å². The van der Waals surface area contributed by atoms with Gasteiger partial charge in [0.25, 0.3) is 5.91 Å². The predicted octanol–water partition coefficient (Wildman–Crippen LogP) is 4.63. The number of carbonyl (C=O) groups excluding carboxylic acids is 2. The number of halogens is 4. The highest BCUT2D eigenvalue weighted by Gasteiger charge is 2.51. The molecule has 5 rings (SSSR count). The van der Waals surface area contributed by atoms with Gasteiger partial charge in [0.05, 0.1) is 16.6 Å². The number of nitrogens with zero attached hydrogens (tertiary/aromatic N) is 3. The topological polar surface area (TPSA) is 99.8 Å². The van der Waals surface area contributed by atoms with Gasteiger partial charge in [0.1, 0.15) is 23.1 Å². The molecular formula is C27H19F4N5O2. The Morgan fingerprint density at radius 1 is 1.05 bits per heavy atom. The van der Waals surface area contributed by atoms with E-state index < -0.39 is 34.9 Å². The van der Waals surface area contributed by atoms with Crippen LogP contribution in [0.2, 0.25) is 0 Å². The van der Waals surface area contributed by atoms with Crippen molar-refractivity contribution in [2.75, 3.05) is 0 Å². The lowest BCUT2D eigenvalue weighted by Crippen LogP contribution is -2.48. The van der Waals surface area contributed by atoms with Crippen LogP contribution in [0.5, 0.6) is 0 Å². The Labute approximate surface area is 213 Å². The predicted molar refractivity (Wildman–Crippen MR) is 128 cm³/mol. The molecule has 0 atom stereocenters. The van der Waals surface area contributed by atoms with Crippen LogP contribution in [-0.2, 0) is 17.5 Å². The Hall–Kier alpha value is -4.72. The van der Waals surface area contributed by atoms with Gasteiger partial charge in [-0.15, -0.1) is 0 Å². The Kier molecular flexibility index (Phi) is 6.11. The van der Waals surface area contributed by atoms with Crippen molar-refractivity contribution in [1.82, 2.24) is 20.2 Å². The maximum absolute atomic E-state index is 13.6. The third-order valence-electron chi connectivity index (χ3n) is 6.39. The normalized spacial score (nSPS) is 14.1. The summed E-state index contributed by atoms with van der Waals surface area (Å²) in [4.78, 5) is 28.8. The maximum atomic E-state index is 13.6. The summed E-state index contributed by atoms with van der Waals surface area (Å²) in [5.41, 5.74) is -0.0882. The third kappa shape index (κ3) is 4.80. The van der Waals surface area contributed by atoms with Crippen molar-refractivity contribution in [2.45, 2.75) is 31.1 Å². The fraction of sp³-hybridized carbons (Fsp3) is 0.185. The van der Waals surface area contributed by atoms with E-state index >= 15 is 0 Å². The van der Waals surface area contributed by atoms with Gasteiger partial charge in [0, 0.05) is 30.0 Å². The second-order valence-corrected chi connectivity index (χ2v) is 9.03. The maximum Gasteiger partial charge on any atom is 0.417 e. The number of benzene rings is 2. The molecule has 1 fully saturated rings. The van der Waals surface area contributed by atoms with Crippen LogP contribution < -0.4 is 10.6 Å². The summed E-state index contributed by atoms with van der Waals surface area (Å²) in [5.74, 6) is -1.66. The highest BCUT2D eigenvalue weighted by Crippen LogP contribution is 2.36. The molecule has 2 heterocycles. The van der Waals surface area contributed by atoms with Crippen molar-refractivity contribution in [3.8, 4) is 11.8 Å². The van der Waals surface area contributed by atoms with Gasteiger partial charge in [0.2, 0.25) is 5.91 Å². The number of hydrogen-bond donors (Lipinski definition) is 2. The Morgan fingerprint density at radius 3 is 2.45 bits per heavy atom. The minimum absolute atomic E-state index is 0.143. The second-order valence-electron chi connectivity index (χ2n) is 9.03. The summed E-state index contributed by atoms with van der Waals surface area (Å²) in [6.45, 7) is 0.143. The summed E-state index contributed by atoms with van der Waals surface area (Å²) >= 11 is 0. The molecule has 0 saturated heterocycles. The lowest BCUT2D eigenvalue weighted by molar-refractivity contribution is -0.137. The first-order chi connectivity index (χ1) is 18.1. The molecule has 38 heavy (non-hydrogen) atoms. The summed E-state index contributed by atoms with van der Waals surface area (Å²) < 4.78 is 54.1. The fourth-order valence-electron chi connectivity index (χ4n) is 4.20. The highest BCUT2D eigenvalue weighted by molar-refractivity contribution is 6.00. The molecule has 0 unspecified atom stereocenters. The lowest BCUT2D eigenvalue weighted by atomic mass is 10.1. The lowest BCUT2D eigenvalue weighted by Gasteiger charge is -2.18. The number of nitriles is 1. The number of hydrogen-bond acceptors (Lipinski definition) is 4. The SMILES string of the molecule is N#Cc1cc2cc(F)ccc2n1-c1ccc(CNC(=O)C2(NC(=O)c3cncc(C(F)(F)F)c3)CC2)cc1. The van der Waals surface area contributed by atoms with Crippen LogP contribution in [0.25, 0.3) is 16.6 Å². The number of pyridine rings is 1. The standard InChI is InChI=1S/C27H19F4N5O2/c28-20-3-6-23-17(10-20)11-22(12-32)36(23)21-4-1-16(2-5-21)13-34-25(38)26(7-8-26)35-24(37)18-9-19(15-33-14-18)27(29,30)31/h1-6,9-11,14-15H,7-8,13H2,(H,34,38)(H,35,37). The van der Waals surface area contributed by atoms with Crippen LogP contribution in [0.1, 0.15) is 40.0 Å². The molecule has 0 spiro atoms. The van der Waals surface area contributed by atoms with E-state index in [-0.39, 0.29) is 12.1 Å². The first-order valence-electron chi connectivity index (χ1n) is 11.5. The zero-order valence-electron chi connectivity index (χ0n) is 19.6. The molecule has 2 N–H and O–H groups in total. The quantitative estimate of drug-likeness (QED) is 0.361. The van der Waals surface area contributed by atoms with Crippen LogP contribution in [0.3, 0.4) is 0 Å². The molecule has 1 aliphatic carbocycles. The van der Waals surface area contributed by atoms with Gasteiger partial charge in [-0.2, -0.15) is 18.4 Å². The first kappa shape index (κ1) is 25.0. The van der Waals surface area contributed by atoms with E-state index in [1.807, 2.05) is 0 Å². The number of fused-ring (bicyclic) bond motifs is 1. The molecule has 1 saturated carbocycles. The zero-order chi connectivity index (χ0) is 27.1. The molecule has 1 aliphatic rings. The molecule has 4 aromatic rings. The van der Waals surface area contributed by atoms with Crippen LogP contribution >= 0.6 is 0 Å². The van der Waals surface area contributed by atoms with E-state index in [1.54, 1.807) is 41.0 Å². The van der Waals surface area contributed by atoms with Crippen LogP contribution in [0, 0.1) is 17.1 Å². The minimum Gasteiger partial charge on any atom is -0.350 e. The summed E-state index contributed by atoms with van der Waals surface area (Å²) in [5, 5.41) is 15.4. The van der Waals surface area contributed by atoms with E-state index in [4.69, 9.17) is 0 Å². The second kappa shape index (κ2) is 9.30. The highest BCUT2D eigenvalue weighted by atomic mass is 19.4. The van der Waals surface area contributed by atoms with Gasteiger partial charge in [-0.3, -0.25) is 14.6 Å². The monoisotopic (exact) mass is 521 g/mol. The van der Waals surface area contributed by atoms with Crippen molar-refractivity contribution in [1.29, 1.82) is 5.26 Å². The average molecular weight is 521 g/mol. The van der Waals surface area contributed by atoms with E-state index in [0.29, 0.717) is 47.4 Å². The first-order valence-corrected chi connectivity index (χ1v) is 11.5. The molecule has 0 aliphatic heterocycles. The zero-order valence-corrected chi connectivity index (χ0v) is 19.6. The third-order valence-corrected chi connectivity index (χ3v) is 6.39. The molecule has 7 nitrogen and oxygen atoms in total. The molecule has 2 aromatic heterocycles. The number of rotatable bonds is 6. The average Bonchev–Trinajstić information content (AvgIpc) is 3.59.